The second-order valence-corrected chi connectivity index (χ2v) is 29.8. The Kier molecular flexibility index (Phi) is 65.9. The van der Waals surface area contributed by atoms with Crippen molar-refractivity contribution in [2.75, 3.05) is 39.6 Å². The number of ether oxygens (including phenoxy) is 4. The zero-order chi connectivity index (χ0) is 68.4. The fraction of sp³-hybridized carbons (Fsp3) is 0.946. The van der Waals surface area contributed by atoms with Crippen LogP contribution in [-0.2, 0) is 65.4 Å². The van der Waals surface area contributed by atoms with Gasteiger partial charge in [-0.1, -0.05) is 336 Å². The molecule has 19 heteroatoms. The summed E-state index contributed by atoms with van der Waals surface area (Å²) in [6.07, 6.45) is 55.7. The molecule has 17 nitrogen and oxygen atoms in total. The molecule has 0 aliphatic carbocycles. The van der Waals surface area contributed by atoms with Gasteiger partial charge in [-0.3, -0.25) is 37.3 Å². The molecule has 3 N–H and O–H groups in total. The van der Waals surface area contributed by atoms with Crippen LogP contribution in [0.5, 0.6) is 0 Å². The lowest BCUT2D eigenvalue weighted by Crippen LogP contribution is -2.30. The molecule has 0 rings (SSSR count). The Balaban J connectivity index is 5.19. The highest BCUT2D eigenvalue weighted by Crippen LogP contribution is 2.45. The number of rotatable bonds is 74. The Morgan fingerprint density at radius 3 is 0.763 bits per heavy atom. The number of hydrogen-bond acceptors (Lipinski definition) is 15. The van der Waals surface area contributed by atoms with Gasteiger partial charge in [0.2, 0.25) is 0 Å². The Morgan fingerprint density at radius 1 is 0.301 bits per heavy atom. The van der Waals surface area contributed by atoms with Crippen molar-refractivity contribution in [3.63, 3.8) is 0 Å². The molecule has 0 saturated carbocycles. The summed E-state index contributed by atoms with van der Waals surface area (Å²) in [5, 5.41) is 10.6. The molecule has 0 saturated heterocycles. The average Bonchev–Trinajstić information content (AvgIpc) is 3.76. The van der Waals surface area contributed by atoms with Crippen LogP contribution in [0, 0.1) is 5.92 Å². The summed E-state index contributed by atoms with van der Waals surface area (Å²) >= 11 is 0. The fourth-order valence-electron chi connectivity index (χ4n) is 11.3. The van der Waals surface area contributed by atoms with Crippen LogP contribution in [0.15, 0.2) is 0 Å². The van der Waals surface area contributed by atoms with Gasteiger partial charge in [0.1, 0.15) is 19.3 Å². The maximum atomic E-state index is 13.1. The van der Waals surface area contributed by atoms with E-state index in [4.69, 9.17) is 37.0 Å². The smallest absolute Gasteiger partial charge is 0.462 e. The number of unbranched alkanes of at least 4 members (excludes halogenated alkanes) is 45. The molecule has 0 aromatic heterocycles. The van der Waals surface area contributed by atoms with Gasteiger partial charge >= 0.3 is 39.5 Å². The first kappa shape index (κ1) is 91.1. The number of carbonyl (C=O) groups excluding carboxylic acids is 4. The summed E-state index contributed by atoms with van der Waals surface area (Å²) < 4.78 is 68.3. The van der Waals surface area contributed by atoms with E-state index < -0.39 is 97.5 Å². The summed E-state index contributed by atoms with van der Waals surface area (Å²) in [5.74, 6) is -1.40. The van der Waals surface area contributed by atoms with Crippen molar-refractivity contribution in [2.24, 2.45) is 5.92 Å². The van der Waals surface area contributed by atoms with Gasteiger partial charge in [-0.05, 0) is 31.6 Å². The number of phosphoric ester groups is 2. The van der Waals surface area contributed by atoms with Crippen LogP contribution in [-0.4, -0.2) is 96.7 Å². The zero-order valence-corrected chi connectivity index (χ0v) is 62.2. The van der Waals surface area contributed by atoms with Gasteiger partial charge in [0.05, 0.1) is 26.4 Å². The zero-order valence-electron chi connectivity index (χ0n) is 60.4. The van der Waals surface area contributed by atoms with E-state index in [2.05, 4.69) is 34.6 Å². The summed E-state index contributed by atoms with van der Waals surface area (Å²) in [7, 11) is -9.90. The van der Waals surface area contributed by atoms with Gasteiger partial charge in [0.15, 0.2) is 12.2 Å². The summed E-state index contributed by atoms with van der Waals surface area (Å²) in [6, 6.07) is 0. The van der Waals surface area contributed by atoms with Crippen LogP contribution in [0.2, 0.25) is 0 Å². The molecule has 3 unspecified atom stereocenters. The maximum absolute atomic E-state index is 13.1. The van der Waals surface area contributed by atoms with Gasteiger partial charge in [0, 0.05) is 25.7 Å². The van der Waals surface area contributed by atoms with Gasteiger partial charge in [-0.25, -0.2) is 9.13 Å². The van der Waals surface area contributed by atoms with Crippen LogP contribution in [0.3, 0.4) is 0 Å². The Morgan fingerprint density at radius 2 is 0.516 bits per heavy atom. The number of aliphatic hydroxyl groups is 1. The van der Waals surface area contributed by atoms with E-state index in [-0.39, 0.29) is 25.7 Å². The molecule has 0 heterocycles. The van der Waals surface area contributed by atoms with Crippen LogP contribution in [0.25, 0.3) is 0 Å². The lowest BCUT2D eigenvalue weighted by atomic mass is 10.00. The Bertz CT molecular complexity index is 1790. The molecule has 6 atom stereocenters. The summed E-state index contributed by atoms with van der Waals surface area (Å²) in [5.41, 5.74) is 0. The predicted octanol–water partition coefficient (Wildman–Crippen LogP) is 21.7. The van der Waals surface area contributed by atoms with Crippen LogP contribution >= 0.6 is 15.6 Å². The first-order valence-corrected chi connectivity index (χ1v) is 41.7. The second kappa shape index (κ2) is 67.3. The maximum Gasteiger partial charge on any atom is 0.472 e. The third-order valence-corrected chi connectivity index (χ3v) is 19.5. The Hall–Kier alpha value is -1.94. The van der Waals surface area contributed by atoms with E-state index in [0.29, 0.717) is 25.7 Å². The molecule has 0 aromatic rings. The van der Waals surface area contributed by atoms with Gasteiger partial charge < -0.3 is 33.8 Å². The fourth-order valence-corrected chi connectivity index (χ4v) is 12.9. The highest BCUT2D eigenvalue weighted by atomic mass is 31.2. The van der Waals surface area contributed by atoms with E-state index in [0.717, 1.165) is 102 Å². The van der Waals surface area contributed by atoms with E-state index >= 15 is 0 Å². The van der Waals surface area contributed by atoms with Crippen LogP contribution in [0.1, 0.15) is 388 Å². The largest absolute Gasteiger partial charge is 0.472 e. The normalized spacial score (nSPS) is 14.3. The molecule has 0 aromatic carbocycles. The van der Waals surface area contributed by atoms with E-state index in [1.165, 1.54) is 205 Å². The van der Waals surface area contributed by atoms with Crippen molar-refractivity contribution in [1.82, 2.24) is 0 Å². The highest BCUT2D eigenvalue weighted by Gasteiger charge is 2.30. The van der Waals surface area contributed by atoms with E-state index in [1.807, 2.05) is 0 Å². The SMILES string of the molecule is CCCCCCCCCCCCCCCCCCCCCC(=O)O[C@H](COC(=O)CCCCCCCCCCCCCCCCCC)COP(=O)(O)OC[C@@H](O)COP(=O)(O)OC[C@@H](COC(=O)CCCCCCCCCC)OC(=O)CCCCCCCCC(C)CC. The standard InChI is InChI=1S/C74H144O17P2/c1-6-10-13-16-19-22-24-26-28-30-31-32-34-36-38-40-43-49-54-59-73(78)90-69(63-85-72(77)58-53-48-42-39-37-35-33-29-27-25-23-20-17-14-11-7-2)65-88-92(80,81)86-61-68(75)62-87-93(82,83)89-66-70(64-84-71(76)57-52-47-41-21-18-15-12-8-3)91-74(79)60-55-50-45-44-46-51-56-67(5)9-4/h67-70,75H,6-66H2,1-5H3,(H,80,81)(H,82,83)/t67?,68-,69-,70-/m1/s1. The molecule has 0 spiro atoms. The minimum atomic E-state index is -4.95. The molecule has 552 valence electrons. The molecule has 0 aliphatic rings. The first-order chi connectivity index (χ1) is 45.1. The number of hydrogen-bond donors (Lipinski definition) is 3. The molecule has 0 aliphatic heterocycles. The third kappa shape index (κ3) is 67.0. The van der Waals surface area contributed by atoms with Crippen molar-refractivity contribution in [2.45, 2.75) is 406 Å². The topological polar surface area (TPSA) is 237 Å². The minimum Gasteiger partial charge on any atom is -0.462 e. The molecular formula is C74H144O17P2. The number of carbonyl (C=O) groups is 4. The van der Waals surface area contributed by atoms with Gasteiger partial charge in [0.25, 0.3) is 0 Å². The lowest BCUT2D eigenvalue weighted by Gasteiger charge is -2.21. The van der Waals surface area contributed by atoms with E-state index in [1.54, 1.807) is 0 Å². The molecule has 0 amide bonds. The molecule has 0 fully saturated rings. The van der Waals surface area contributed by atoms with Crippen LogP contribution < -0.4 is 0 Å². The summed E-state index contributed by atoms with van der Waals surface area (Å²) in [4.78, 5) is 72.6. The van der Waals surface area contributed by atoms with Crippen molar-refractivity contribution in [3.8, 4) is 0 Å². The number of esters is 4. The minimum absolute atomic E-state index is 0.103. The van der Waals surface area contributed by atoms with Crippen molar-refractivity contribution < 1.29 is 80.2 Å². The highest BCUT2D eigenvalue weighted by molar-refractivity contribution is 7.47. The molecular weight excluding hydrogens is 1220 g/mol. The predicted molar refractivity (Wildman–Crippen MR) is 377 cm³/mol. The molecule has 0 bridgehead atoms. The van der Waals surface area contributed by atoms with Gasteiger partial charge in [-0.2, -0.15) is 0 Å². The molecule has 93 heavy (non-hydrogen) atoms. The number of phosphoric acid groups is 2. The van der Waals surface area contributed by atoms with Crippen molar-refractivity contribution in [3.05, 3.63) is 0 Å². The van der Waals surface area contributed by atoms with Crippen molar-refractivity contribution in [1.29, 1.82) is 0 Å². The first-order valence-electron chi connectivity index (χ1n) is 38.7. The van der Waals surface area contributed by atoms with Crippen LogP contribution in [0.4, 0.5) is 0 Å². The second-order valence-electron chi connectivity index (χ2n) is 26.9. The quantitative estimate of drug-likeness (QED) is 0.0222. The third-order valence-electron chi connectivity index (χ3n) is 17.6. The monoisotopic (exact) mass is 1370 g/mol. The summed E-state index contributed by atoms with van der Waals surface area (Å²) in [6.45, 7) is 7.20. The van der Waals surface area contributed by atoms with E-state index in [9.17, 15) is 43.2 Å². The average molecular weight is 1370 g/mol. The van der Waals surface area contributed by atoms with Gasteiger partial charge in [-0.15, -0.1) is 0 Å². The number of aliphatic hydroxyl groups excluding tert-OH is 1. The Labute approximate surface area is 568 Å². The lowest BCUT2D eigenvalue weighted by molar-refractivity contribution is -0.161. The van der Waals surface area contributed by atoms with Crippen molar-refractivity contribution >= 4 is 39.5 Å². The molecule has 0 radical (unpaired) electrons.